The molecule has 2 rings (SSSR count). The average molecular weight is 261 g/mol. The van der Waals surface area contributed by atoms with Crippen LogP contribution in [0.3, 0.4) is 0 Å². The first kappa shape index (κ1) is 14.0. The molecule has 1 aliphatic heterocycles. The smallest absolute Gasteiger partial charge is 0.140 e. The van der Waals surface area contributed by atoms with Gasteiger partial charge in [-0.3, -0.25) is 4.90 Å². The van der Waals surface area contributed by atoms with Crippen molar-refractivity contribution in [2.24, 2.45) is 0 Å². The molecule has 1 N–H and O–H groups in total. The maximum absolute atomic E-state index is 13.3. The van der Waals surface area contributed by atoms with Crippen LogP contribution >= 0.6 is 0 Å². The fraction of sp³-hybridized carbons (Fsp3) is 0.533. The first-order valence-corrected chi connectivity index (χ1v) is 6.87. The first-order chi connectivity index (χ1) is 9.22. The number of likely N-dealkylation sites (N-methyl/N-ethyl adjacent to an activating group) is 1. The Kier molecular flexibility index (Phi) is 4.89. The number of halogens is 1. The summed E-state index contributed by atoms with van der Waals surface area (Å²) in [5, 5.41) is 12.3. The van der Waals surface area contributed by atoms with Gasteiger partial charge in [0.1, 0.15) is 11.9 Å². The Morgan fingerprint density at radius 3 is 3.00 bits per heavy atom. The average Bonchev–Trinajstić information content (AvgIpc) is 2.93. The third-order valence-corrected chi connectivity index (χ3v) is 3.65. The predicted octanol–water partition coefficient (Wildman–Crippen LogP) is 2.27. The van der Waals surface area contributed by atoms with Crippen LogP contribution in [0.2, 0.25) is 0 Å². The fourth-order valence-corrected chi connectivity index (χ4v) is 2.54. The molecule has 1 fully saturated rings. The molecule has 4 heteroatoms. The minimum absolute atomic E-state index is 0.132. The maximum Gasteiger partial charge on any atom is 0.140 e. The van der Waals surface area contributed by atoms with Crippen molar-refractivity contribution in [1.82, 2.24) is 10.2 Å². The zero-order valence-electron chi connectivity index (χ0n) is 11.3. The number of benzene rings is 1. The Morgan fingerprint density at radius 1 is 1.53 bits per heavy atom. The highest BCUT2D eigenvalue weighted by Crippen LogP contribution is 2.13. The van der Waals surface area contributed by atoms with Gasteiger partial charge in [0, 0.05) is 19.1 Å². The van der Waals surface area contributed by atoms with E-state index in [2.05, 4.69) is 17.1 Å². The zero-order valence-corrected chi connectivity index (χ0v) is 11.3. The lowest BCUT2D eigenvalue weighted by Gasteiger charge is -2.24. The summed E-state index contributed by atoms with van der Waals surface area (Å²) in [4.78, 5) is 2.33. The highest BCUT2D eigenvalue weighted by molar-refractivity contribution is 5.34. The van der Waals surface area contributed by atoms with Crippen LogP contribution in [0.15, 0.2) is 18.2 Å². The molecule has 102 valence electrons. The van der Waals surface area contributed by atoms with Gasteiger partial charge in [-0.1, -0.05) is 13.0 Å². The van der Waals surface area contributed by atoms with Crippen LogP contribution in [0.4, 0.5) is 4.39 Å². The Morgan fingerprint density at radius 2 is 2.37 bits per heavy atom. The summed E-state index contributed by atoms with van der Waals surface area (Å²) in [7, 11) is 0. The second-order valence-corrected chi connectivity index (χ2v) is 5.05. The maximum atomic E-state index is 13.3. The van der Waals surface area contributed by atoms with E-state index in [-0.39, 0.29) is 5.56 Å². The van der Waals surface area contributed by atoms with E-state index in [0.29, 0.717) is 6.04 Å². The zero-order chi connectivity index (χ0) is 13.7. The Labute approximate surface area is 114 Å². The van der Waals surface area contributed by atoms with Gasteiger partial charge < -0.3 is 5.32 Å². The van der Waals surface area contributed by atoms with Crippen LogP contribution < -0.4 is 5.32 Å². The highest BCUT2D eigenvalue weighted by Gasteiger charge is 2.17. The van der Waals surface area contributed by atoms with Gasteiger partial charge in [0.15, 0.2) is 0 Å². The van der Waals surface area contributed by atoms with Gasteiger partial charge in [-0.25, -0.2) is 4.39 Å². The van der Waals surface area contributed by atoms with E-state index >= 15 is 0 Å². The van der Waals surface area contributed by atoms with Crippen molar-refractivity contribution in [1.29, 1.82) is 5.26 Å². The molecule has 1 aliphatic rings. The van der Waals surface area contributed by atoms with Crippen LogP contribution in [-0.4, -0.2) is 30.6 Å². The van der Waals surface area contributed by atoms with Gasteiger partial charge in [-0.2, -0.15) is 5.26 Å². The topological polar surface area (TPSA) is 39.1 Å². The number of rotatable bonds is 5. The van der Waals surface area contributed by atoms with E-state index in [4.69, 9.17) is 5.26 Å². The van der Waals surface area contributed by atoms with Crippen LogP contribution in [0.1, 0.15) is 30.9 Å². The van der Waals surface area contributed by atoms with Crippen molar-refractivity contribution in [2.45, 2.75) is 32.4 Å². The van der Waals surface area contributed by atoms with Gasteiger partial charge in [0.05, 0.1) is 5.56 Å². The van der Waals surface area contributed by atoms with Crippen molar-refractivity contribution in [3.63, 3.8) is 0 Å². The summed E-state index contributed by atoms with van der Waals surface area (Å²) >= 11 is 0. The van der Waals surface area contributed by atoms with Crippen LogP contribution in [0.5, 0.6) is 0 Å². The lowest BCUT2D eigenvalue weighted by molar-refractivity contribution is 0.253. The van der Waals surface area contributed by atoms with Gasteiger partial charge >= 0.3 is 0 Å². The minimum Gasteiger partial charge on any atom is -0.313 e. The molecule has 0 amide bonds. The molecule has 0 spiro atoms. The van der Waals surface area contributed by atoms with Gasteiger partial charge in [0.25, 0.3) is 0 Å². The van der Waals surface area contributed by atoms with Crippen molar-refractivity contribution < 1.29 is 4.39 Å². The summed E-state index contributed by atoms with van der Waals surface area (Å²) < 4.78 is 13.3. The van der Waals surface area contributed by atoms with Crippen molar-refractivity contribution in [2.75, 3.05) is 19.6 Å². The number of nitrogens with one attached hydrogen (secondary N) is 1. The van der Waals surface area contributed by atoms with Crippen molar-refractivity contribution >= 4 is 0 Å². The summed E-state index contributed by atoms with van der Waals surface area (Å²) in [6.45, 7) is 5.97. The molecular formula is C15H20FN3. The third-order valence-electron chi connectivity index (χ3n) is 3.65. The van der Waals surface area contributed by atoms with Gasteiger partial charge in [-0.05, 0) is 43.6 Å². The Balaban J connectivity index is 1.99. The molecule has 0 bridgehead atoms. The summed E-state index contributed by atoms with van der Waals surface area (Å²) in [5.74, 6) is -0.438. The predicted molar refractivity (Wildman–Crippen MR) is 73.1 cm³/mol. The summed E-state index contributed by atoms with van der Waals surface area (Å²) in [6.07, 6.45) is 2.47. The second-order valence-electron chi connectivity index (χ2n) is 5.05. The monoisotopic (exact) mass is 261 g/mol. The van der Waals surface area contributed by atoms with E-state index in [0.717, 1.165) is 31.7 Å². The van der Waals surface area contributed by atoms with Crippen molar-refractivity contribution in [3.8, 4) is 6.07 Å². The Hall–Kier alpha value is -1.44. The molecule has 1 aromatic rings. The SMILES string of the molecule is CCN(Cc1ccc(F)c(C#N)c1)CC1CCCN1. The largest absolute Gasteiger partial charge is 0.313 e. The van der Waals surface area contributed by atoms with Crippen molar-refractivity contribution in [3.05, 3.63) is 35.1 Å². The standard InChI is InChI=1S/C15H20FN3/c1-2-19(11-14-4-3-7-18-14)10-12-5-6-15(16)13(8-12)9-17/h5-6,8,14,18H,2-4,7,10-11H2,1H3. The fourth-order valence-electron chi connectivity index (χ4n) is 2.54. The van der Waals surface area contributed by atoms with Gasteiger partial charge in [-0.15, -0.1) is 0 Å². The number of nitriles is 1. The number of hydrogen-bond acceptors (Lipinski definition) is 3. The quantitative estimate of drug-likeness (QED) is 0.883. The molecule has 0 saturated carbocycles. The molecule has 19 heavy (non-hydrogen) atoms. The molecule has 1 saturated heterocycles. The second kappa shape index (κ2) is 6.65. The molecule has 1 aromatic carbocycles. The lowest BCUT2D eigenvalue weighted by atomic mass is 10.1. The van der Waals surface area contributed by atoms with Crippen LogP contribution in [0.25, 0.3) is 0 Å². The number of hydrogen-bond donors (Lipinski definition) is 1. The lowest BCUT2D eigenvalue weighted by Crippen LogP contribution is -2.37. The summed E-state index contributed by atoms with van der Waals surface area (Å²) in [6, 6.07) is 7.26. The number of nitrogens with zero attached hydrogens (tertiary/aromatic N) is 2. The molecule has 1 unspecified atom stereocenters. The van der Waals surface area contributed by atoms with E-state index in [1.165, 1.54) is 18.9 Å². The third kappa shape index (κ3) is 3.76. The van der Waals surface area contributed by atoms with E-state index in [1.54, 1.807) is 12.1 Å². The van der Waals surface area contributed by atoms with Crippen LogP contribution in [-0.2, 0) is 6.54 Å². The molecule has 0 radical (unpaired) electrons. The molecular weight excluding hydrogens is 241 g/mol. The van der Waals surface area contributed by atoms with E-state index in [1.807, 2.05) is 6.07 Å². The van der Waals surface area contributed by atoms with Gasteiger partial charge in [0.2, 0.25) is 0 Å². The van der Waals surface area contributed by atoms with E-state index in [9.17, 15) is 4.39 Å². The Bertz CT molecular complexity index is 461. The van der Waals surface area contributed by atoms with Crippen LogP contribution in [0, 0.1) is 17.1 Å². The van der Waals surface area contributed by atoms with E-state index < -0.39 is 5.82 Å². The molecule has 0 aromatic heterocycles. The summed E-state index contributed by atoms with van der Waals surface area (Å²) in [5.41, 5.74) is 1.13. The first-order valence-electron chi connectivity index (χ1n) is 6.87. The molecule has 1 heterocycles. The molecule has 3 nitrogen and oxygen atoms in total. The normalized spacial score (nSPS) is 18.7. The molecule has 0 aliphatic carbocycles. The highest BCUT2D eigenvalue weighted by atomic mass is 19.1. The molecule has 1 atom stereocenters. The minimum atomic E-state index is -0.438.